The molecule has 0 aliphatic heterocycles. The molecule has 2 N–H and O–H groups in total. The monoisotopic (exact) mass is 327 g/mol. The topological polar surface area (TPSA) is 110 Å². The molecule has 22 heavy (non-hydrogen) atoms. The van der Waals surface area contributed by atoms with Gasteiger partial charge < -0.3 is 14.3 Å². The molecule has 10 heteroatoms. The number of nitrogens with zero attached hydrogens (tertiary/aromatic N) is 5. The van der Waals surface area contributed by atoms with Crippen LogP contribution in [0.2, 0.25) is 0 Å². The second-order valence-corrected chi connectivity index (χ2v) is 5.90. The highest BCUT2D eigenvalue weighted by atomic mass is 32.2. The van der Waals surface area contributed by atoms with Crippen molar-refractivity contribution >= 4 is 11.1 Å². The highest BCUT2D eigenvalue weighted by Gasteiger charge is 2.01. The first-order valence-electron chi connectivity index (χ1n) is 6.86. The van der Waals surface area contributed by atoms with Crippen LogP contribution in [0.25, 0.3) is 0 Å². The number of hydrogen-bond acceptors (Lipinski definition) is 6. The number of nitrogens with one attached hydrogen (secondary N) is 2. The van der Waals surface area contributed by atoms with Crippen LogP contribution in [0.5, 0.6) is 0 Å². The number of rotatable bonds is 7. The number of H-pyrrole nitrogens is 2. The van der Waals surface area contributed by atoms with Gasteiger partial charge in [0, 0.05) is 32.1 Å². The Hall–Kier alpha value is -1.91. The Balaban J connectivity index is 1.79. The maximum Gasteiger partial charge on any atom is 0.219 e. The molecule has 1 atom stereocenters. The van der Waals surface area contributed by atoms with Crippen molar-refractivity contribution in [1.82, 2.24) is 23.6 Å². The molecular weight excluding hydrogens is 306 g/mol. The van der Waals surface area contributed by atoms with Gasteiger partial charge in [-0.05, 0) is 14.1 Å². The van der Waals surface area contributed by atoms with Crippen LogP contribution in [0.4, 0.5) is 0 Å². The predicted molar refractivity (Wildman–Crippen MR) is 81.4 cm³/mol. The Morgan fingerprint density at radius 1 is 1.41 bits per heavy atom. The van der Waals surface area contributed by atoms with E-state index in [9.17, 15) is 4.55 Å². The lowest BCUT2D eigenvalue weighted by molar-refractivity contribution is 0.0814. The average molecular weight is 327 g/mol. The van der Waals surface area contributed by atoms with Gasteiger partial charge in [-0.1, -0.05) is 0 Å². The molecule has 0 saturated heterocycles. The van der Waals surface area contributed by atoms with Crippen molar-refractivity contribution in [2.24, 2.45) is 9.98 Å². The van der Waals surface area contributed by atoms with Crippen molar-refractivity contribution in [3.63, 3.8) is 0 Å². The second kappa shape index (κ2) is 7.92. The van der Waals surface area contributed by atoms with E-state index in [-0.39, 0.29) is 0 Å². The quantitative estimate of drug-likeness (QED) is 0.516. The van der Waals surface area contributed by atoms with Crippen molar-refractivity contribution in [3.05, 3.63) is 28.9 Å². The molecule has 2 aromatic heterocycles. The summed E-state index contributed by atoms with van der Waals surface area (Å²) in [7, 11) is 5.63. The normalized spacial score (nSPS) is 14.1. The molecule has 0 fully saturated rings. The molecule has 0 aliphatic carbocycles. The zero-order valence-electron chi connectivity index (χ0n) is 12.9. The summed E-state index contributed by atoms with van der Waals surface area (Å²) in [4.78, 5) is 17.3. The molecule has 2 heterocycles. The zero-order chi connectivity index (χ0) is 15.9. The first kappa shape index (κ1) is 16.5. The Morgan fingerprint density at radius 2 is 2.18 bits per heavy atom. The van der Waals surface area contributed by atoms with Crippen LogP contribution in [0.1, 0.15) is 12.0 Å². The van der Waals surface area contributed by atoms with E-state index in [2.05, 4.69) is 28.7 Å². The van der Waals surface area contributed by atoms with Crippen molar-refractivity contribution in [2.75, 3.05) is 34.3 Å². The van der Waals surface area contributed by atoms with E-state index < -0.39 is 11.1 Å². The first-order chi connectivity index (χ1) is 10.6. The van der Waals surface area contributed by atoms with Gasteiger partial charge in [-0.2, -0.15) is 8.75 Å². The molecule has 0 radical (unpaired) electrons. The van der Waals surface area contributed by atoms with Crippen molar-refractivity contribution in [1.29, 1.82) is 0 Å². The van der Waals surface area contributed by atoms with Crippen molar-refractivity contribution in [2.45, 2.75) is 13.0 Å². The first-order valence-corrected chi connectivity index (χ1v) is 8.01. The molecule has 2 rings (SSSR count). The Morgan fingerprint density at radius 3 is 2.91 bits per heavy atom. The fraction of sp³-hybridized carbons (Fsp3) is 0.583. The zero-order valence-corrected chi connectivity index (χ0v) is 13.8. The largest absolute Gasteiger partial charge is 0.549 e. The smallest absolute Gasteiger partial charge is 0.219 e. The van der Waals surface area contributed by atoms with Crippen LogP contribution in [0.3, 0.4) is 0 Å². The van der Waals surface area contributed by atoms with E-state index in [4.69, 9.17) is 4.84 Å². The number of hydrogen-bond donors (Lipinski definition) is 2. The van der Waals surface area contributed by atoms with Gasteiger partial charge in [0.1, 0.15) is 17.7 Å². The van der Waals surface area contributed by atoms with Gasteiger partial charge in [-0.25, -0.2) is 0 Å². The summed E-state index contributed by atoms with van der Waals surface area (Å²) in [6.45, 7) is 1.87. The fourth-order valence-corrected chi connectivity index (χ4v) is 2.58. The summed E-state index contributed by atoms with van der Waals surface area (Å²) in [6.07, 6.45) is 4.37. The van der Waals surface area contributed by atoms with Crippen LogP contribution >= 0.6 is 11.1 Å². The van der Waals surface area contributed by atoms with Crippen LogP contribution in [0, 0.1) is 0 Å². The summed E-state index contributed by atoms with van der Waals surface area (Å²) in [5.74, 6) is 0. The van der Waals surface area contributed by atoms with E-state index in [1.165, 1.54) is 4.85 Å². The molecule has 0 bridgehead atoms. The molecule has 0 spiro atoms. The van der Waals surface area contributed by atoms with Crippen LogP contribution in [0.15, 0.2) is 22.4 Å². The highest BCUT2D eigenvalue weighted by Crippen LogP contribution is 1.99. The molecule has 0 saturated carbocycles. The van der Waals surface area contributed by atoms with Crippen molar-refractivity contribution in [3.8, 4) is 0 Å². The summed E-state index contributed by atoms with van der Waals surface area (Å²) >= 11 is -1.33. The van der Waals surface area contributed by atoms with Gasteiger partial charge in [0.2, 0.25) is 11.0 Å². The van der Waals surface area contributed by atoms with Gasteiger partial charge in [0.15, 0.2) is 0 Å². The fourth-order valence-electron chi connectivity index (χ4n) is 1.83. The Kier molecular flexibility index (Phi) is 5.92. The predicted octanol–water partition coefficient (Wildman–Crippen LogP) is -0.721. The molecule has 0 aromatic carbocycles. The van der Waals surface area contributed by atoms with E-state index in [1.807, 2.05) is 20.3 Å². The molecule has 2 aromatic rings. The molecular formula is C12H21N7O2S. The Labute approximate surface area is 131 Å². The SMILES string of the molecule is CN=c1[nH][s+]([O-])[nH]c1=NCCCOn1cc(CN(C)C)cn1. The third kappa shape index (κ3) is 4.83. The van der Waals surface area contributed by atoms with Crippen LogP contribution in [-0.2, 0) is 6.54 Å². The highest BCUT2D eigenvalue weighted by molar-refractivity contribution is 7.13. The maximum absolute atomic E-state index is 11.3. The van der Waals surface area contributed by atoms with Crippen LogP contribution in [-0.4, -0.2) is 62.4 Å². The minimum absolute atomic E-state index is 0.495. The minimum Gasteiger partial charge on any atom is -0.549 e. The van der Waals surface area contributed by atoms with Gasteiger partial charge in [-0.15, -0.1) is 9.94 Å². The summed E-state index contributed by atoms with van der Waals surface area (Å²) in [5, 5.41) is 4.13. The maximum atomic E-state index is 11.3. The summed E-state index contributed by atoms with van der Waals surface area (Å²) in [5.41, 5.74) is 2.13. The number of aromatic nitrogens is 4. The third-order valence-corrected chi connectivity index (χ3v) is 3.49. The van der Waals surface area contributed by atoms with Gasteiger partial charge >= 0.3 is 0 Å². The van der Waals surface area contributed by atoms with Crippen LogP contribution < -0.4 is 15.8 Å². The summed E-state index contributed by atoms with van der Waals surface area (Å²) < 4.78 is 16.6. The van der Waals surface area contributed by atoms with E-state index in [0.29, 0.717) is 24.1 Å². The Bertz CT molecular complexity index is 709. The lowest BCUT2D eigenvalue weighted by Gasteiger charge is -2.06. The molecule has 1 unspecified atom stereocenters. The molecule has 9 nitrogen and oxygen atoms in total. The lowest BCUT2D eigenvalue weighted by Crippen LogP contribution is -2.25. The third-order valence-electron chi connectivity index (χ3n) is 2.74. The molecule has 0 aliphatic rings. The van der Waals surface area contributed by atoms with E-state index in [1.54, 1.807) is 13.2 Å². The van der Waals surface area contributed by atoms with Crippen molar-refractivity contribution < 1.29 is 9.39 Å². The van der Waals surface area contributed by atoms with Gasteiger partial charge in [-0.3, -0.25) is 9.98 Å². The molecule has 122 valence electrons. The molecule has 0 amide bonds. The second-order valence-electron chi connectivity index (χ2n) is 4.95. The minimum atomic E-state index is -1.33. The van der Waals surface area contributed by atoms with Gasteiger partial charge in [0.25, 0.3) is 0 Å². The number of aromatic amines is 2. The standard InChI is InChI=1S/C12H21N7O2S/c1-13-11-12(17-22(20)16-11)14-5-4-6-21-19-9-10(7-15-19)8-18(2)3/h7,9H,4-6,8H2,1-3H3,(H,13,16)(H,14,17). The van der Waals surface area contributed by atoms with Gasteiger partial charge in [0.05, 0.1) is 12.4 Å². The lowest BCUT2D eigenvalue weighted by atomic mass is 10.3. The summed E-state index contributed by atoms with van der Waals surface area (Å²) in [6, 6.07) is 0. The van der Waals surface area contributed by atoms with E-state index in [0.717, 1.165) is 18.5 Å². The van der Waals surface area contributed by atoms with E-state index >= 15 is 0 Å². The average Bonchev–Trinajstić information content (AvgIpc) is 3.04.